The van der Waals surface area contributed by atoms with Crippen molar-refractivity contribution < 1.29 is 4.42 Å². The summed E-state index contributed by atoms with van der Waals surface area (Å²) in [6, 6.07) is 5.78. The first kappa shape index (κ1) is 12.2. The van der Waals surface area contributed by atoms with E-state index in [1.54, 1.807) is 0 Å². The Morgan fingerprint density at radius 2 is 2.05 bits per heavy atom. The third-order valence-corrected chi connectivity index (χ3v) is 3.96. The fourth-order valence-electron chi connectivity index (χ4n) is 3.01. The summed E-state index contributed by atoms with van der Waals surface area (Å²) in [5, 5.41) is 4.36. The van der Waals surface area contributed by atoms with Crippen LogP contribution in [-0.2, 0) is 0 Å². The third kappa shape index (κ3) is 2.02. The Morgan fingerprint density at radius 1 is 1.32 bits per heavy atom. The van der Waals surface area contributed by atoms with Crippen molar-refractivity contribution in [1.82, 2.24) is 5.32 Å². The van der Waals surface area contributed by atoms with Crippen LogP contribution in [0, 0.1) is 6.92 Å². The molecule has 0 unspecified atom stereocenters. The number of nitrogens with one attached hydrogen (secondary N) is 1. The van der Waals surface area contributed by atoms with E-state index >= 15 is 0 Å². The van der Waals surface area contributed by atoms with Crippen LogP contribution in [0.25, 0.3) is 11.0 Å². The van der Waals surface area contributed by atoms with Crippen LogP contribution in [0.15, 0.2) is 27.4 Å². The van der Waals surface area contributed by atoms with Gasteiger partial charge >= 0.3 is 5.63 Å². The molecule has 19 heavy (non-hydrogen) atoms. The van der Waals surface area contributed by atoms with Gasteiger partial charge in [0.2, 0.25) is 0 Å². The molecular formula is C15H18N2O2. The number of fused-ring (bicyclic) bond motifs is 1. The van der Waals surface area contributed by atoms with Gasteiger partial charge in [0.25, 0.3) is 0 Å². The lowest BCUT2D eigenvalue weighted by atomic mass is 9.86. The standard InChI is InChI=1S/C15H18N2O2/c1-9-3-2-4-11-12(9)13(14(16)15(18)19-11)10-5-7-17-8-6-10/h2-4,10,17H,5-8,16H2,1H3. The van der Waals surface area contributed by atoms with E-state index in [0.29, 0.717) is 11.5 Å². The monoisotopic (exact) mass is 258 g/mol. The number of nitrogens with two attached hydrogens (primary N) is 1. The van der Waals surface area contributed by atoms with Gasteiger partial charge in [-0.3, -0.25) is 0 Å². The number of hydrogen-bond acceptors (Lipinski definition) is 4. The maximum absolute atomic E-state index is 11.9. The molecule has 0 amide bonds. The number of aryl methyl sites for hydroxylation is 1. The first-order valence-corrected chi connectivity index (χ1v) is 6.71. The van der Waals surface area contributed by atoms with Gasteiger partial charge < -0.3 is 15.5 Å². The molecular weight excluding hydrogens is 240 g/mol. The first-order chi connectivity index (χ1) is 9.18. The number of rotatable bonds is 1. The van der Waals surface area contributed by atoms with Crippen molar-refractivity contribution >= 4 is 16.7 Å². The van der Waals surface area contributed by atoms with Gasteiger partial charge in [-0.25, -0.2) is 4.79 Å². The van der Waals surface area contributed by atoms with E-state index in [1.165, 1.54) is 0 Å². The predicted octanol–water partition coefficient (Wildman–Crippen LogP) is 2.15. The molecule has 4 nitrogen and oxygen atoms in total. The lowest BCUT2D eigenvalue weighted by Crippen LogP contribution is -2.28. The fourth-order valence-corrected chi connectivity index (χ4v) is 3.01. The summed E-state index contributed by atoms with van der Waals surface area (Å²) in [5.41, 5.74) is 8.65. The highest BCUT2D eigenvalue weighted by atomic mass is 16.4. The van der Waals surface area contributed by atoms with Gasteiger partial charge in [0.15, 0.2) is 0 Å². The highest BCUT2D eigenvalue weighted by Gasteiger charge is 2.23. The van der Waals surface area contributed by atoms with E-state index in [9.17, 15) is 4.79 Å². The summed E-state index contributed by atoms with van der Waals surface area (Å²) >= 11 is 0. The van der Waals surface area contributed by atoms with Crippen LogP contribution in [0.1, 0.15) is 29.9 Å². The maximum Gasteiger partial charge on any atom is 0.359 e. The van der Waals surface area contributed by atoms with Crippen LogP contribution >= 0.6 is 0 Å². The van der Waals surface area contributed by atoms with Crippen molar-refractivity contribution in [2.75, 3.05) is 18.8 Å². The van der Waals surface area contributed by atoms with E-state index in [1.807, 2.05) is 25.1 Å². The summed E-state index contributed by atoms with van der Waals surface area (Å²) in [7, 11) is 0. The molecule has 0 bridgehead atoms. The summed E-state index contributed by atoms with van der Waals surface area (Å²) in [5.74, 6) is 0.342. The van der Waals surface area contributed by atoms with Gasteiger partial charge in [0, 0.05) is 5.39 Å². The Kier molecular flexibility index (Phi) is 3.03. The van der Waals surface area contributed by atoms with E-state index in [0.717, 1.165) is 42.4 Å². The molecule has 0 saturated carbocycles. The molecule has 100 valence electrons. The molecule has 3 N–H and O–H groups in total. The lowest BCUT2D eigenvalue weighted by molar-refractivity contribution is 0.460. The Balaban J connectivity index is 2.31. The summed E-state index contributed by atoms with van der Waals surface area (Å²) in [6.07, 6.45) is 2.02. The van der Waals surface area contributed by atoms with Crippen molar-refractivity contribution in [3.8, 4) is 0 Å². The van der Waals surface area contributed by atoms with Crippen molar-refractivity contribution in [2.24, 2.45) is 0 Å². The fraction of sp³-hybridized carbons (Fsp3) is 0.400. The quantitative estimate of drug-likeness (QED) is 0.769. The first-order valence-electron chi connectivity index (χ1n) is 6.71. The van der Waals surface area contributed by atoms with Crippen LogP contribution in [0.2, 0.25) is 0 Å². The molecule has 1 saturated heterocycles. The molecule has 1 fully saturated rings. The zero-order chi connectivity index (χ0) is 13.4. The largest absolute Gasteiger partial charge is 0.421 e. The van der Waals surface area contributed by atoms with E-state index in [2.05, 4.69) is 5.32 Å². The second-order valence-corrected chi connectivity index (χ2v) is 5.19. The molecule has 0 atom stereocenters. The topological polar surface area (TPSA) is 68.3 Å². The average molecular weight is 258 g/mol. The number of hydrogen-bond donors (Lipinski definition) is 2. The van der Waals surface area contributed by atoms with Crippen LogP contribution in [0.4, 0.5) is 5.69 Å². The molecule has 2 heterocycles. The smallest absolute Gasteiger partial charge is 0.359 e. The molecule has 4 heteroatoms. The van der Waals surface area contributed by atoms with E-state index < -0.39 is 5.63 Å². The second kappa shape index (κ2) is 4.70. The average Bonchev–Trinajstić information content (AvgIpc) is 2.42. The minimum Gasteiger partial charge on any atom is -0.421 e. The van der Waals surface area contributed by atoms with Gasteiger partial charge in [0.1, 0.15) is 11.3 Å². The van der Waals surface area contributed by atoms with Gasteiger partial charge in [-0.05, 0) is 56.0 Å². The van der Waals surface area contributed by atoms with Crippen LogP contribution in [0.5, 0.6) is 0 Å². The van der Waals surface area contributed by atoms with Gasteiger partial charge in [0.05, 0.1) is 0 Å². The van der Waals surface area contributed by atoms with Gasteiger partial charge in [-0.1, -0.05) is 12.1 Å². The van der Waals surface area contributed by atoms with Crippen LogP contribution in [-0.4, -0.2) is 13.1 Å². The minimum atomic E-state index is -0.411. The summed E-state index contributed by atoms with van der Waals surface area (Å²) in [4.78, 5) is 11.9. The van der Waals surface area contributed by atoms with Gasteiger partial charge in [-0.2, -0.15) is 0 Å². The normalized spacial score (nSPS) is 16.9. The molecule has 1 aliphatic heterocycles. The number of nitrogen functional groups attached to an aromatic ring is 1. The SMILES string of the molecule is Cc1cccc2oc(=O)c(N)c(C3CCNCC3)c12. The summed E-state index contributed by atoms with van der Waals surface area (Å²) < 4.78 is 5.31. The Labute approximate surface area is 111 Å². The van der Waals surface area contributed by atoms with Crippen LogP contribution < -0.4 is 16.7 Å². The van der Waals surface area contributed by atoms with E-state index in [-0.39, 0.29) is 5.69 Å². The van der Waals surface area contributed by atoms with Crippen LogP contribution in [0.3, 0.4) is 0 Å². The zero-order valence-corrected chi connectivity index (χ0v) is 11.0. The van der Waals surface area contributed by atoms with Crippen molar-refractivity contribution in [3.05, 3.63) is 39.7 Å². The number of benzene rings is 1. The molecule has 3 rings (SSSR count). The molecule has 0 radical (unpaired) electrons. The van der Waals surface area contributed by atoms with E-state index in [4.69, 9.17) is 10.2 Å². The third-order valence-electron chi connectivity index (χ3n) is 3.96. The minimum absolute atomic E-state index is 0.286. The zero-order valence-electron chi connectivity index (χ0n) is 11.0. The van der Waals surface area contributed by atoms with Crippen molar-refractivity contribution in [2.45, 2.75) is 25.7 Å². The maximum atomic E-state index is 11.9. The Hall–Kier alpha value is -1.81. The predicted molar refractivity (Wildman–Crippen MR) is 76.5 cm³/mol. The molecule has 1 aromatic heterocycles. The lowest BCUT2D eigenvalue weighted by Gasteiger charge is -2.25. The highest BCUT2D eigenvalue weighted by molar-refractivity contribution is 5.88. The number of anilines is 1. The molecule has 0 aliphatic carbocycles. The number of piperidine rings is 1. The molecule has 0 spiro atoms. The molecule has 1 aliphatic rings. The highest BCUT2D eigenvalue weighted by Crippen LogP contribution is 2.35. The van der Waals surface area contributed by atoms with Crippen molar-refractivity contribution in [3.63, 3.8) is 0 Å². The molecule has 1 aromatic carbocycles. The Bertz CT molecular complexity index is 670. The van der Waals surface area contributed by atoms with Gasteiger partial charge in [-0.15, -0.1) is 0 Å². The summed E-state index contributed by atoms with van der Waals surface area (Å²) in [6.45, 7) is 3.97. The molecule has 2 aromatic rings. The second-order valence-electron chi connectivity index (χ2n) is 5.19. The Morgan fingerprint density at radius 3 is 2.79 bits per heavy atom. The van der Waals surface area contributed by atoms with Crippen molar-refractivity contribution in [1.29, 1.82) is 0 Å².